The molecule has 1 heterocycles. The maximum absolute atomic E-state index is 5.55. The third-order valence-electron chi connectivity index (χ3n) is 2.73. The number of aromatic amines is 1. The van der Waals surface area contributed by atoms with Crippen molar-refractivity contribution >= 4 is 10.9 Å². The second kappa shape index (κ2) is 5.84. The molecule has 2 aromatic rings. The van der Waals surface area contributed by atoms with Gasteiger partial charge in [-0.3, -0.25) is 0 Å². The molecule has 1 aromatic carbocycles. The summed E-state index contributed by atoms with van der Waals surface area (Å²) >= 11 is 0. The molecular formula is C14H19NO2. The third kappa shape index (κ3) is 3.08. The molecule has 0 aliphatic carbocycles. The lowest BCUT2D eigenvalue weighted by Gasteiger charge is -2.16. The van der Waals surface area contributed by atoms with Gasteiger partial charge in [0.15, 0.2) is 6.29 Å². The molecule has 0 bridgehead atoms. The molecule has 0 unspecified atom stereocenters. The summed E-state index contributed by atoms with van der Waals surface area (Å²) in [6, 6.07) is 8.47. The summed E-state index contributed by atoms with van der Waals surface area (Å²) in [4.78, 5) is 3.22. The topological polar surface area (TPSA) is 34.2 Å². The summed E-state index contributed by atoms with van der Waals surface area (Å²) in [6.07, 6.45) is 2.60. The predicted octanol–water partition coefficient (Wildman–Crippen LogP) is 3.11. The Kier molecular flexibility index (Phi) is 4.18. The monoisotopic (exact) mass is 233 g/mol. The van der Waals surface area contributed by atoms with Gasteiger partial charge in [0.2, 0.25) is 0 Å². The SMILES string of the molecule is CCOC(Cc1ccc2cc[nH]c2c1)OCC. The van der Waals surface area contributed by atoms with Crippen LogP contribution in [0.4, 0.5) is 0 Å². The van der Waals surface area contributed by atoms with E-state index in [2.05, 4.69) is 29.2 Å². The minimum absolute atomic E-state index is 0.141. The van der Waals surface area contributed by atoms with E-state index in [-0.39, 0.29) is 6.29 Å². The van der Waals surface area contributed by atoms with Crippen LogP contribution < -0.4 is 0 Å². The third-order valence-corrected chi connectivity index (χ3v) is 2.73. The van der Waals surface area contributed by atoms with Crippen molar-refractivity contribution < 1.29 is 9.47 Å². The molecule has 0 saturated carbocycles. The minimum Gasteiger partial charge on any atom is -0.361 e. The zero-order valence-electron chi connectivity index (χ0n) is 10.4. The summed E-state index contributed by atoms with van der Waals surface area (Å²) in [5.41, 5.74) is 2.39. The number of nitrogens with one attached hydrogen (secondary N) is 1. The Balaban J connectivity index is 2.09. The van der Waals surface area contributed by atoms with E-state index < -0.39 is 0 Å². The molecule has 17 heavy (non-hydrogen) atoms. The van der Waals surface area contributed by atoms with Crippen LogP contribution in [0.25, 0.3) is 10.9 Å². The highest BCUT2D eigenvalue weighted by atomic mass is 16.7. The number of benzene rings is 1. The van der Waals surface area contributed by atoms with Gasteiger partial charge in [-0.15, -0.1) is 0 Å². The fourth-order valence-electron chi connectivity index (χ4n) is 1.95. The van der Waals surface area contributed by atoms with Crippen molar-refractivity contribution in [3.63, 3.8) is 0 Å². The van der Waals surface area contributed by atoms with Crippen LogP contribution >= 0.6 is 0 Å². The highest BCUT2D eigenvalue weighted by Crippen LogP contribution is 2.16. The van der Waals surface area contributed by atoms with E-state index >= 15 is 0 Å². The molecule has 2 rings (SSSR count). The molecular weight excluding hydrogens is 214 g/mol. The smallest absolute Gasteiger partial charge is 0.161 e. The summed E-state index contributed by atoms with van der Waals surface area (Å²) in [6.45, 7) is 5.32. The van der Waals surface area contributed by atoms with Gasteiger partial charge >= 0.3 is 0 Å². The van der Waals surface area contributed by atoms with Crippen LogP contribution in [0.1, 0.15) is 19.4 Å². The molecule has 3 heteroatoms. The van der Waals surface area contributed by atoms with Crippen LogP contribution in [0.2, 0.25) is 0 Å². The van der Waals surface area contributed by atoms with Crippen LogP contribution in [-0.4, -0.2) is 24.5 Å². The fourth-order valence-corrected chi connectivity index (χ4v) is 1.95. The number of H-pyrrole nitrogens is 1. The van der Waals surface area contributed by atoms with Gasteiger partial charge in [0.25, 0.3) is 0 Å². The molecule has 0 atom stereocenters. The zero-order valence-corrected chi connectivity index (χ0v) is 10.4. The van der Waals surface area contributed by atoms with Crippen molar-refractivity contribution in [2.24, 2.45) is 0 Å². The number of hydrogen-bond acceptors (Lipinski definition) is 2. The Labute approximate surface area is 102 Å². The molecule has 0 aliphatic heterocycles. The second-order valence-electron chi connectivity index (χ2n) is 3.94. The molecule has 0 radical (unpaired) electrons. The molecule has 0 aliphatic rings. The van der Waals surface area contributed by atoms with Gasteiger partial charge in [0.05, 0.1) is 0 Å². The van der Waals surface area contributed by atoms with Crippen LogP contribution in [-0.2, 0) is 15.9 Å². The lowest BCUT2D eigenvalue weighted by molar-refractivity contribution is -0.134. The average molecular weight is 233 g/mol. The predicted molar refractivity (Wildman–Crippen MR) is 69.0 cm³/mol. The molecule has 3 nitrogen and oxygen atoms in total. The lowest BCUT2D eigenvalue weighted by atomic mass is 10.1. The van der Waals surface area contributed by atoms with E-state index in [1.54, 1.807) is 0 Å². The van der Waals surface area contributed by atoms with Crippen molar-refractivity contribution in [1.82, 2.24) is 4.98 Å². The number of aromatic nitrogens is 1. The first-order chi connectivity index (χ1) is 8.33. The molecule has 92 valence electrons. The van der Waals surface area contributed by atoms with Gasteiger partial charge in [-0.25, -0.2) is 0 Å². The van der Waals surface area contributed by atoms with E-state index in [1.807, 2.05) is 20.0 Å². The van der Waals surface area contributed by atoms with Crippen LogP contribution in [0.5, 0.6) is 0 Å². The summed E-state index contributed by atoms with van der Waals surface area (Å²) in [5, 5.41) is 1.23. The molecule has 1 N–H and O–H groups in total. The zero-order chi connectivity index (χ0) is 12.1. The maximum atomic E-state index is 5.55. The highest BCUT2D eigenvalue weighted by molar-refractivity contribution is 5.79. The Morgan fingerprint density at radius 1 is 1.12 bits per heavy atom. The molecule has 1 aromatic heterocycles. The first-order valence-electron chi connectivity index (χ1n) is 6.12. The van der Waals surface area contributed by atoms with Crippen molar-refractivity contribution in [3.05, 3.63) is 36.0 Å². The van der Waals surface area contributed by atoms with Crippen molar-refractivity contribution in [1.29, 1.82) is 0 Å². The number of rotatable bonds is 6. The molecule has 0 amide bonds. The Bertz CT molecular complexity index is 458. The fraction of sp³-hybridized carbons (Fsp3) is 0.429. The highest BCUT2D eigenvalue weighted by Gasteiger charge is 2.09. The van der Waals surface area contributed by atoms with E-state index in [4.69, 9.17) is 9.47 Å². The van der Waals surface area contributed by atoms with Crippen molar-refractivity contribution in [2.45, 2.75) is 26.6 Å². The van der Waals surface area contributed by atoms with Gasteiger partial charge in [-0.1, -0.05) is 12.1 Å². The number of ether oxygens (including phenoxy) is 2. The Morgan fingerprint density at radius 3 is 2.59 bits per heavy atom. The van der Waals surface area contributed by atoms with E-state index in [9.17, 15) is 0 Å². The van der Waals surface area contributed by atoms with Crippen LogP contribution in [0.3, 0.4) is 0 Å². The van der Waals surface area contributed by atoms with Crippen LogP contribution in [0, 0.1) is 0 Å². The molecule has 0 spiro atoms. The van der Waals surface area contributed by atoms with Gasteiger partial charge < -0.3 is 14.5 Å². The summed E-state index contributed by atoms with van der Waals surface area (Å²) in [5.74, 6) is 0. The average Bonchev–Trinajstić information content (AvgIpc) is 2.77. The largest absolute Gasteiger partial charge is 0.361 e. The maximum Gasteiger partial charge on any atom is 0.161 e. The van der Waals surface area contributed by atoms with Crippen LogP contribution in [0.15, 0.2) is 30.5 Å². The number of hydrogen-bond donors (Lipinski definition) is 1. The lowest BCUT2D eigenvalue weighted by Crippen LogP contribution is -2.20. The van der Waals surface area contributed by atoms with Gasteiger partial charge in [0, 0.05) is 31.3 Å². The van der Waals surface area contributed by atoms with E-state index in [1.165, 1.54) is 10.9 Å². The Morgan fingerprint density at radius 2 is 1.88 bits per heavy atom. The van der Waals surface area contributed by atoms with Gasteiger partial charge in [-0.05, 0) is 36.9 Å². The van der Waals surface area contributed by atoms with E-state index in [0.717, 1.165) is 11.9 Å². The summed E-state index contributed by atoms with van der Waals surface area (Å²) < 4.78 is 11.1. The number of fused-ring (bicyclic) bond motifs is 1. The van der Waals surface area contributed by atoms with Gasteiger partial charge in [0.1, 0.15) is 0 Å². The Hall–Kier alpha value is -1.32. The van der Waals surface area contributed by atoms with Gasteiger partial charge in [-0.2, -0.15) is 0 Å². The molecule has 0 saturated heterocycles. The molecule has 0 fully saturated rings. The van der Waals surface area contributed by atoms with Crippen molar-refractivity contribution in [3.8, 4) is 0 Å². The van der Waals surface area contributed by atoms with E-state index in [0.29, 0.717) is 13.2 Å². The normalized spacial score (nSPS) is 11.5. The standard InChI is InChI=1S/C14H19NO2/c1-3-16-14(17-4-2)10-11-5-6-12-7-8-15-13(12)9-11/h5-9,14-15H,3-4,10H2,1-2H3. The summed E-state index contributed by atoms with van der Waals surface area (Å²) in [7, 11) is 0. The minimum atomic E-state index is -0.141. The first kappa shape index (κ1) is 12.1. The van der Waals surface area contributed by atoms with Crippen molar-refractivity contribution in [2.75, 3.05) is 13.2 Å². The second-order valence-corrected chi connectivity index (χ2v) is 3.94. The quantitative estimate of drug-likeness (QED) is 0.778. The first-order valence-corrected chi connectivity index (χ1v) is 6.12.